The first-order valence-electron chi connectivity index (χ1n) is 6.57. The molecule has 0 aliphatic carbocycles. The van der Waals surface area contributed by atoms with E-state index in [4.69, 9.17) is 0 Å². The summed E-state index contributed by atoms with van der Waals surface area (Å²) in [4.78, 5) is 16.4. The van der Waals surface area contributed by atoms with Gasteiger partial charge in [-0.2, -0.15) is 5.10 Å². The fraction of sp³-hybridized carbons (Fsp3) is 0.0625. The number of aryl methyl sites for hydroxylation is 1. The topological polar surface area (TPSA) is 70.7 Å². The normalized spacial score (nSPS) is 10.3. The third kappa shape index (κ3) is 2.97. The molecule has 0 saturated heterocycles. The predicted molar refractivity (Wildman–Crippen MR) is 81.0 cm³/mol. The number of rotatable bonds is 3. The summed E-state index contributed by atoms with van der Waals surface area (Å²) >= 11 is 0. The molecule has 2 heterocycles. The second-order valence-corrected chi connectivity index (χ2v) is 4.67. The van der Waals surface area contributed by atoms with Gasteiger partial charge in [0.1, 0.15) is 5.69 Å². The van der Waals surface area contributed by atoms with Gasteiger partial charge in [-0.3, -0.25) is 9.89 Å². The molecule has 5 nitrogen and oxygen atoms in total. The van der Waals surface area contributed by atoms with Crippen molar-refractivity contribution in [1.29, 1.82) is 0 Å². The van der Waals surface area contributed by atoms with Crippen LogP contribution < -0.4 is 5.32 Å². The Balaban J connectivity index is 1.82. The Hall–Kier alpha value is -2.95. The molecule has 0 aliphatic heterocycles. The van der Waals surface area contributed by atoms with E-state index in [-0.39, 0.29) is 5.91 Å². The standard InChI is InChI=1S/C16H14N4O/c1-11-4-2-7-15(18-11)16(21)19-13-6-3-5-12(10-13)14-8-9-17-20-14/h2-10H,1H3,(H,17,20)(H,19,21). The lowest BCUT2D eigenvalue weighted by Gasteiger charge is -2.06. The molecular formula is C16H14N4O. The summed E-state index contributed by atoms with van der Waals surface area (Å²) in [5.41, 5.74) is 3.80. The second kappa shape index (κ2) is 5.58. The summed E-state index contributed by atoms with van der Waals surface area (Å²) in [6.45, 7) is 1.86. The van der Waals surface area contributed by atoms with Gasteiger partial charge in [0.2, 0.25) is 0 Å². The number of carbonyl (C=O) groups is 1. The molecule has 21 heavy (non-hydrogen) atoms. The van der Waals surface area contributed by atoms with Crippen molar-refractivity contribution in [1.82, 2.24) is 15.2 Å². The Labute approximate surface area is 122 Å². The minimum atomic E-state index is -0.222. The van der Waals surface area contributed by atoms with Gasteiger partial charge in [-0.1, -0.05) is 18.2 Å². The minimum absolute atomic E-state index is 0.222. The number of pyridine rings is 1. The lowest BCUT2D eigenvalue weighted by Crippen LogP contribution is -2.13. The zero-order chi connectivity index (χ0) is 14.7. The molecule has 1 amide bonds. The summed E-state index contributed by atoms with van der Waals surface area (Å²) in [6.07, 6.45) is 1.69. The van der Waals surface area contributed by atoms with Crippen LogP contribution in [0.3, 0.4) is 0 Å². The molecule has 0 radical (unpaired) electrons. The largest absolute Gasteiger partial charge is 0.321 e. The number of hydrogen-bond acceptors (Lipinski definition) is 3. The number of H-pyrrole nitrogens is 1. The molecule has 104 valence electrons. The molecule has 0 unspecified atom stereocenters. The van der Waals surface area contributed by atoms with Crippen molar-refractivity contribution in [2.45, 2.75) is 6.92 Å². The van der Waals surface area contributed by atoms with E-state index in [2.05, 4.69) is 20.5 Å². The molecule has 0 atom stereocenters. The highest BCUT2D eigenvalue weighted by Crippen LogP contribution is 2.20. The predicted octanol–water partition coefficient (Wildman–Crippen LogP) is 3.03. The van der Waals surface area contributed by atoms with Gasteiger partial charge in [-0.25, -0.2) is 4.98 Å². The highest BCUT2D eigenvalue weighted by molar-refractivity contribution is 6.03. The van der Waals surface area contributed by atoms with Gasteiger partial charge in [-0.05, 0) is 37.3 Å². The highest BCUT2D eigenvalue weighted by Gasteiger charge is 2.08. The van der Waals surface area contributed by atoms with Crippen molar-refractivity contribution in [3.05, 3.63) is 66.1 Å². The van der Waals surface area contributed by atoms with Crippen molar-refractivity contribution < 1.29 is 4.79 Å². The smallest absolute Gasteiger partial charge is 0.274 e. The second-order valence-electron chi connectivity index (χ2n) is 4.67. The van der Waals surface area contributed by atoms with Crippen LogP contribution in [0.2, 0.25) is 0 Å². The number of carbonyl (C=O) groups excluding carboxylic acids is 1. The highest BCUT2D eigenvalue weighted by atomic mass is 16.1. The van der Waals surface area contributed by atoms with E-state index in [1.165, 1.54) is 0 Å². The number of aromatic nitrogens is 3. The summed E-state index contributed by atoms with van der Waals surface area (Å²) in [6, 6.07) is 14.8. The van der Waals surface area contributed by atoms with E-state index in [0.29, 0.717) is 5.69 Å². The van der Waals surface area contributed by atoms with Crippen LogP contribution in [0.5, 0.6) is 0 Å². The van der Waals surface area contributed by atoms with E-state index < -0.39 is 0 Å². The van der Waals surface area contributed by atoms with Gasteiger partial charge >= 0.3 is 0 Å². The number of hydrogen-bond donors (Lipinski definition) is 2. The molecule has 0 fully saturated rings. The van der Waals surface area contributed by atoms with Crippen LogP contribution in [0.1, 0.15) is 16.2 Å². The fourth-order valence-corrected chi connectivity index (χ4v) is 2.05. The molecule has 0 saturated carbocycles. The van der Waals surface area contributed by atoms with Crippen LogP contribution in [0, 0.1) is 6.92 Å². The summed E-state index contributed by atoms with van der Waals surface area (Å²) in [5.74, 6) is -0.222. The van der Waals surface area contributed by atoms with Gasteiger partial charge in [0, 0.05) is 23.1 Å². The van der Waals surface area contributed by atoms with Gasteiger partial charge in [0.25, 0.3) is 5.91 Å². The van der Waals surface area contributed by atoms with Crippen LogP contribution >= 0.6 is 0 Å². The van der Waals surface area contributed by atoms with Crippen LogP contribution in [-0.2, 0) is 0 Å². The van der Waals surface area contributed by atoms with Gasteiger partial charge in [0.05, 0.1) is 5.69 Å². The maximum atomic E-state index is 12.2. The van der Waals surface area contributed by atoms with E-state index in [1.807, 2.05) is 49.4 Å². The van der Waals surface area contributed by atoms with Crippen LogP contribution in [0.15, 0.2) is 54.7 Å². The molecule has 0 spiro atoms. The molecule has 0 aliphatic rings. The third-order valence-electron chi connectivity index (χ3n) is 3.05. The van der Waals surface area contributed by atoms with Crippen LogP contribution in [0.4, 0.5) is 5.69 Å². The van der Waals surface area contributed by atoms with Crippen molar-refractivity contribution >= 4 is 11.6 Å². The maximum absolute atomic E-state index is 12.2. The molecule has 2 N–H and O–H groups in total. The number of benzene rings is 1. The Morgan fingerprint density at radius 1 is 1.14 bits per heavy atom. The lowest BCUT2D eigenvalue weighted by molar-refractivity contribution is 0.102. The first-order valence-corrected chi connectivity index (χ1v) is 6.57. The summed E-state index contributed by atoms with van der Waals surface area (Å²) in [5, 5.41) is 9.67. The van der Waals surface area contributed by atoms with E-state index in [9.17, 15) is 4.79 Å². The molecule has 3 rings (SSSR count). The first-order chi connectivity index (χ1) is 10.2. The number of nitrogens with zero attached hydrogens (tertiary/aromatic N) is 2. The third-order valence-corrected chi connectivity index (χ3v) is 3.05. The van der Waals surface area contributed by atoms with E-state index in [0.717, 1.165) is 22.6 Å². The Morgan fingerprint density at radius 3 is 2.76 bits per heavy atom. The zero-order valence-electron chi connectivity index (χ0n) is 11.5. The number of anilines is 1. The summed E-state index contributed by atoms with van der Waals surface area (Å²) in [7, 11) is 0. The maximum Gasteiger partial charge on any atom is 0.274 e. The van der Waals surface area contributed by atoms with Gasteiger partial charge in [0.15, 0.2) is 0 Å². The molecular weight excluding hydrogens is 264 g/mol. The van der Waals surface area contributed by atoms with Gasteiger partial charge in [-0.15, -0.1) is 0 Å². The first kappa shape index (κ1) is 13.1. The van der Waals surface area contributed by atoms with Crippen molar-refractivity contribution in [3.63, 3.8) is 0 Å². The van der Waals surface area contributed by atoms with Crippen molar-refractivity contribution in [3.8, 4) is 11.3 Å². The van der Waals surface area contributed by atoms with E-state index >= 15 is 0 Å². The Kier molecular flexibility index (Phi) is 3.47. The Morgan fingerprint density at radius 2 is 2.00 bits per heavy atom. The quantitative estimate of drug-likeness (QED) is 0.773. The Bertz CT molecular complexity index is 765. The van der Waals surface area contributed by atoms with Gasteiger partial charge < -0.3 is 5.32 Å². The molecule has 3 aromatic rings. The fourth-order valence-electron chi connectivity index (χ4n) is 2.05. The molecule has 5 heteroatoms. The SMILES string of the molecule is Cc1cccc(C(=O)Nc2cccc(-c3ccn[nH]3)c2)n1. The number of nitrogens with one attached hydrogen (secondary N) is 2. The van der Waals surface area contributed by atoms with Crippen molar-refractivity contribution in [2.24, 2.45) is 0 Å². The van der Waals surface area contributed by atoms with Crippen molar-refractivity contribution in [2.75, 3.05) is 5.32 Å². The van der Waals surface area contributed by atoms with Crippen LogP contribution in [-0.4, -0.2) is 21.1 Å². The average Bonchev–Trinajstić information content (AvgIpc) is 3.02. The monoisotopic (exact) mass is 278 g/mol. The molecule has 2 aromatic heterocycles. The number of amides is 1. The van der Waals surface area contributed by atoms with Crippen LogP contribution in [0.25, 0.3) is 11.3 Å². The molecule has 1 aromatic carbocycles. The lowest BCUT2D eigenvalue weighted by atomic mass is 10.1. The molecule has 0 bridgehead atoms. The van der Waals surface area contributed by atoms with E-state index in [1.54, 1.807) is 12.3 Å². The average molecular weight is 278 g/mol. The number of aromatic amines is 1. The summed E-state index contributed by atoms with van der Waals surface area (Å²) < 4.78 is 0. The minimum Gasteiger partial charge on any atom is -0.321 e. The zero-order valence-corrected chi connectivity index (χ0v) is 11.5.